The van der Waals surface area contributed by atoms with Crippen LogP contribution in [0, 0.1) is 0 Å². The van der Waals surface area contributed by atoms with Gasteiger partial charge in [0.25, 0.3) is 0 Å². The molecule has 0 bridgehead atoms. The smallest absolute Gasteiger partial charge is 0.0678 e. The third-order valence-electron chi connectivity index (χ3n) is 2.21. The summed E-state index contributed by atoms with van der Waals surface area (Å²) in [6.45, 7) is 3.23. The summed E-state index contributed by atoms with van der Waals surface area (Å²) in [4.78, 5) is 0. The van der Waals surface area contributed by atoms with Gasteiger partial charge in [0, 0.05) is 0 Å². The van der Waals surface area contributed by atoms with Crippen LogP contribution in [0.15, 0.2) is 30.3 Å². The maximum Gasteiger partial charge on any atom is 0.0678 e. The normalized spacial score (nSPS) is 12.8. The molecule has 0 saturated heterocycles. The monoisotopic (exact) mass is 179 g/mol. The molecule has 66 valence electrons. The highest BCUT2D eigenvalue weighted by Gasteiger charge is 2.04. The zero-order valence-electron chi connectivity index (χ0n) is 7.66. The largest absolute Gasteiger partial charge is 0.330 e. The topological polar surface area (TPSA) is 26.0 Å². The van der Waals surface area contributed by atoms with E-state index in [1.54, 1.807) is 5.19 Å². The Morgan fingerprint density at radius 3 is 2.50 bits per heavy atom. The SMILES string of the molecule is C[SiH](CCCN)c1ccccc1. The minimum Gasteiger partial charge on any atom is -0.330 e. The molecular formula is C10H17NSi. The lowest BCUT2D eigenvalue weighted by atomic mass is 10.4. The fraction of sp³-hybridized carbons (Fsp3) is 0.400. The van der Waals surface area contributed by atoms with Crippen molar-refractivity contribution in [3.05, 3.63) is 30.3 Å². The fourth-order valence-corrected chi connectivity index (χ4v) is 3.43. The first kappa shape index (κ1) is 9.48. The van der Waals surface area contributed by atoms with E-state index < -0.39 is 8.80 Å². The standard InChI is InChI=1S/C10H17NSi/c1-12(9-5-8-11)10-6-3-2-4-7-10/h2-4,6-7,12H,5,8-9,11H2,1H3. The van der Waals surface area contributed by atoms with E-state index in [-0.39, 0.29) is 0 Å². The zero-order valence-corrected chi connectivity index (χ0v) is 8.82. The Labute approximate surface area is 76.2 Å². The van der Waals surface area contributed by atoms with Crippen LogP contribution in [0.3, 0.4) is 0 Å². The van der Waals surface area contributed by atoms with E-state index in [1.165, 1.54) is 12.5 Å². The van der Waals surface area contributed by atoms with Gasteiger partial charge in [-0.2, -0.15) is 0 Å². The van der Waals surface area contributed by atoms with Crippen molar-refractivity contribution in [3.8, 4) is 0 Å². The highest BCUT2D eigenvalue weighted by Crippen LogP contribution is 1.97. The Morgan fingerprint density at radius 1 is 1.25 bits per heavy atom. The molecule has 0 spiro atoms. The molecule has 0 aromatic heterocycles. The second-order valence-electron chi connectivity index (χ2n) is 3.24. The van der Waals surface area contributed by atoms with Crippen LogP contribution in [0.1, 0.15) is 6.42 Å². The van der Waals surface area contributed by atoms with Gasteiger partial charge in [-0.1, -0.05) is 48.1 Å². The first-order valence-corrected chi connectivity index (χ1v) is 7.14. The van der Waals surface area contributed by atoms with Gasteiger partial charge in [-0.25, -0.2) is 0 Å². The van der Waals surface area contributed by atoms with Gasteiger partial charge in [0.2, 0.25) is 0 Å². The van der Waals surface area contributed by atoms with E-state index in [9.17, 15) is 0 Å². The van der Waals surface area contributed by atoms with Gasteiger partial charge in [0.1, 0.15) is 0 Å². The molecule has 1 aromatic carbocycles. The van der Waals surface area contributed by atoms with Crippen LogP contribution in [0.4, 0.5) is 0 Å². The summed E-state index contributed by atoms with van der Waals surface area (Å²) in [5.41, 5.74) is 5.48. The van der Waals surface area contributed by atoms with Crippen LogP contribution in [0.2, 0.25) is 12.6 Å². The summed E-state index contributed by atoms with van der Waals surface area (Å²) in [6.07, 6.45) is 1.18. The molecule has 1 aromatic rings. The minimum atomic E-state index is -0.658. The van der Waals surface area contributed by atoms with Crippen molar-refractivity contribution in [2.75, 3.05) is 6.54 Å². The number of hydrogen-bond acceptors (Lipinski definition) is 1. The van der Waals surface area contributed by atoms with Crippen LogP contribution in [-0.2, 0) is 0 Å². The Morgan fingerprint density at radius 2 is 1.92 bits per heavy atom. The van der Waals surface area contributed by atoms with E-state index in [2.05, 4.69) is 36.9 Å². The summed E-state index contributed by atoms with van der Waals surface area (Å²) >= 11 is 0. The summed E-state index contributed by atoms with van der Waals surface area (Å²) in [7, 11) is -0.658. The van der Waals surface area contributed by atoms with Crippen molar-refractivity contribution < 1.29 is 0 Å². The number of rotatable bonds is 4. The number of hydrogen-bond donors (Lipinski definition) is 1. The predicted octanol–water partition coefficient (Wildman–Crippen LogP) is 1.10. The zero-order chi connectivity index (χ0) is 8.81. The second-order valence-corrected chi connectivity index (χ2v) is 6.29. The van der Waals surface area contributed by atoms with E-state index in [1.807, 2.05) is 0 Å². The van der Waals surface area contributed by atoms with Crippen LogP contribution in [-0.4, -0.2) is 15.3 Å². The average molecular weight is 179 g/mol. The van der Waals surface area contributed by atoms with Crippen molar-refractivity contribution in [2.45, 2.75) is 19.0 Å². The summed E-state index contributed by atoms with van der Waals surface area (Å²) in [6, 6.07) is 12.2. The van der Waals surface area contributed by atoms with Crippen molar-refractivity contribution in [1.82, 2.24) is 0 Å². The molecule has 1 nitrogen and oxygen atoms in total. The van der Waals surface area contributed by atoms with E-state index >= 15 is 0 Å². The molecule has 2 heteroatoms. The van der Waals surface area contributed by atoms with Gasteiger partial charge in [0.05, 0.1) is 8.80 Å². The molecule has 0 fully saturated rings. The van der Waals surface area contributed by atoms with Crippen molar-refractivity contribution in [3.63, 3.8) is 0 Å². The minimum absolute atomic E-state index is 0.658. The average Bonchev–Trinajstić information content (AvgIpc) is 2.15. The van der Waals surface area contributed by atoms with Gasteiger partial charge in [-0.05, 0) is 13.0 Å². The van der Waals surface area contributed by atoms with Crippen LogP contribution >= 0.6 is 0 Å². The highest BCUT2D eigenvalue weighted by atomic mass is 28.3. The highest BCUT2D eigenvalue weighted by molar-refractivity contribution is 6.71. The molecule has 0 amide bonds. The molecule has 12 heavy (non-hydrogen) atoms. The lowest BCUT2D eigenvalue weighted by molar-refractivity contribution is 0.922. The van der Waals surface area contributed by atoms with Gasteiger partial charge >= 0.3 is 0 Å². The maximum absolute atomic E-state index is 5.48. The Balaban J connectivity index is 2.48. The van der Waals surface area contributed by atoms with Gasteiger partial charge in [-0.15, -0.1) is 0 Å². The summed E-state index contributed by atoms with van der Waals surface area (Å²) in [5.74, 6) is 0. The number of nitrogens with two attached hydrogens (primary N) is 1. The molecule has 0 radical (unpaired) electrons. The van der Waals surface area contributed by atoms with Crippen molar-refractivity contribution >= 4 is 14.0 Å². The maximum atomic E-state index is 5.48. The first-order chi connectivity index (χ1) is 5.84. The molecular weight excluding hydrogens is 162 g/mol. The lowest BCUT2D eigenvalue weighted by Crippen LogP contribution is -2.26. The van der Waals surface area contributed by atoms with Gasteiger partial charge in [0.15, 0.2) is 0 Å². The van der Waals surface area contributed by atoms with E-state index in [4.69, 9.17) is 5.73 Å². The van der Waals surface area contributed by atoms with Gasteiger partial charge in [-0.3, -0.25) is 0 Å². The van der Waals surface area contributed by atoms with Crippen LogP contribution in [0.25, 0.3) is 0 Å². The summed E-state index contributed by atoms with van der Waals surface area (Å²) < 4.78 is 0. The Hall–Kier alpha value is -0.603. The van der Waals surface area contributed by atoms with Crippen LogP contribution in [0.5, 0.6) is 0 Å². The molecule has 2 N–H and O–H groups in total. The molecule has 0 aliphatic heterocycles. The molecule has 0 heterocycles. The molecule has 1 atom stereocenters. The van der Waals surface area contributed by atoms with Crippen molar-refractivity contribution in [1.29, 1.82) is 0 Å². The fourth-order valence-electron chi connectivity index (χ4n) is 1.37. The Kier molecular flexibility index (Phi) is 4.04. The molecule has 0 aliphatic carbocycles. The number of benzene rings is 1. The molecule has 0 aliphatic rings. The molecule has 1 unspecified atom stereocenters. The first-order valence-electron chi connectivity index (χ1n) is 4.59. The lowest BCUT2D eigenvalue weighted by Gasteiger charge is -2.08. The van der Waals surface area contributed by atoms with Crippen molar-refractivity contribution in [2.24, 2.45) is 5.73 Å². The van der Waals surface area contributed by atoms with Crippen LogP contribution < -0.4 is 10.9 Å². The van der Waals surface area contributed by atoms with Gasteiger partial charge < -0.3 is 5.73 Å². The van der Waals surface area contributed by atoms with E-state index in [0.717, 1.165) is 6.54 Å². The molecule has 0 saturated carbocycles. The second kappa shape index (κ2) is 5.12. The third kappa shape index (κ3) is 2.79. The Bertz CT molecular complexity index is 210. The molecule has 1 rings (SSSR count). The predicted molar refractivity (Wildman–Crippen MR) is 57.6 cm³/mol. The third-order valence-corrected chi connectivity index (χ3v) is 5.01. The van der Waals surface area contributed by atoms with E-state index in [0.29, 0.717) is 0 Å². The summed E-state index contributed by atoms with van der Waals surface area (Å²) in [5, 5.41) is 1.56. The quantitative estimate of drug-likeness (QED) is 0.688.